The second-order valence-electron chi connectivity index (χ2n) is 9.86. The number of likely N-dealkylation sites (tertiary alicyclic amines) is 1. The zero-order valence-electron chi connectivity index (χ0n) is 22.0. The molecule has 1 aliphatic rings. The first-order valence-electron chi connectivity index (χ1n) is 13.2. The summed E-state index contributed by atoms with van der Waals surface area (Å²) < 4.78 is 16.9. The van der Waals surface area contributed by atoms with Crippen molar-refractivity contribution in [3.8, 4) is 17.2 Å². The number of rotatable bonds is 10. The third kappa shape index (κ3) is 6.32. The lowest BCUT2D eigenvalue weighted by atomic mass is 9.99. The minimum Gasteiger partial charge on any atom is -0.493 e. The second kappa shape index (κ2) is 12.1. The Morgan fingerprint density at radius 2 is 1.68 bits per heavy atom. The molecule has 1 fully saturated rings. The van der Waals surface area contributed by atoms with Crippen molar-refractivity contribution in [2.24, 2.45) is 5.92 Å². The van der Waals surface area contributed by atoms with E-state index in [1.54, 1.807) is 0 Å². The van der Waals surface area contributed by atoms with Crippen molar-refractivity contribution in [2.75, 3.05) is 20.3 Å². The number of methoxy groups -OCH3 is 1. The van der Waals surface area contributed by atoms with Crippen LogP contribution in [0.5, 0.6) is 5.75 Å². The van der Waals surface area contributed by atoms with E-state index in [2.05, 4.69) is 46.3 Å². The lowest BCUT2D eigenvalue weighted by molar-refractivity contribution is -0.145. The first-order valence-corrected chi connectivity index (χ1v) is 13.2. The van der Waals surface area contributed by atoms with Gasteiger partial charge in [0.05, 0.1) is 25.3 Å². The molecule has 5 rings (SSSR count). The Labute approximate surface area is 224 Å². The van der Waals surface area contributed by atoms with Gasteiger partial charge in [0, 0.05) is 31.1 Å². The van der Waals surface area contributed by atoms with Gasteiger partial charge in [-0.15, -0.1) is 0 Å². The van der Waals surface area contributed by atoms with E-state index in [0.717, 1.165) is 48.7 Å². The van der Waals surface area contributed by atoms with Crippen LogP contribution < -0.4 is 4.74 Å². The summed E-state index contributed by atoms with van der Waals surface area (Å²) in [5.41, 5.74) is 4.37. The Bertz CT molecular complexity index is 1320. The van der Waals surface area contributed by atoms with E-state index in [1.807, 2.05) is 55.5 Å². The average Bonchev–Trinajstić information content (AvgIpc) is 3.53. The van der Waals surface area contributed by atoms with Crippen LogP contribution in [0.1, 0.15) is 29.0 Å². The van der Waals surface area contributed by atoms with Crippen LogP contribution in [0.4, 0.5) is 0 Å². The predicted octanol–water partition coefficient (Wildman–Crippen LogP) is 5.88. The maximum absolute atomic E-state index is 12.3. The van der Waals surface area contributed by atoms with Gasteiger partial charge in [0.15, 0.2) is 0 Å². The van der Waals surface area contributed by atoms with Crippen molar-refractivity contribution in [2.45, 2.75) is 38.8 Å². The Morgan fingerprint density at radius 3 is 2.39 bits per heavy atom. The van der Waals surface area contributed by atoms with Gasteiger partial charge in [-0.3, -0.25) is 9.69 Å². The van der Waals surface area contributed by atoms with Crippen molar-refractivity contribution in [1.29, 1.82) is 0 Å². The second-order valence-corrected chi connectivity index (χ2v) is 9.86. The van der Waals surface area contributed by atoms with Gasteiger partial charge < -0.3 is 13.9 Å². The third-order valence-corrected chi connectivity index (χ3v) is 7.21. The number of nitrogens with zero attached hydrogens (tertiary/aromatic N) is 2. The molecule has 2 atom stereocenters. The first kappa shape index (κ1) is 25.7. The number of benzene rings is 3. The van der Waals surface area contributed by atoms with Gasteiger partial charge >= 0.3 is 5.97 Å². The van der Waals surface area contributed by atoms with Crippen molar-refractivity contribution in [1.82, 2.24) is 9.88 Å². The first-order chi connectivity index (χ1) is 18.6. The highest BCUT2D eigenvalue weighted by Gasteiger charge is 2.36. The summed E-state index contributed by atoms with van der Waals surface area (Å²) in [5.74, 6) is 2.10. The zero-order valence-corrected chi connectivity index (χ0v) is 22.0. The average molecular weight is 511 g/mol. The number of hydrogen-bond acceptors (Lipinski definition) is 6. The number of aryl methyl sites for hydroxylation is 1. The molecule has 0 bridgehead atoms. The quantitative estimate of drug-likeness (QED) is 0.248. The zero-order chi connectivity index (χ0) is 26.3. The summed E-state index contributed by atoms with van der Waals surface area (Å²) in [5, 5.41) is 0. The van der Waals surface area contributed by atoms with E-state index in [9.17, 15) is 4.79 Å². The SMILES string of the molecule is COC(=O)[C@H]1C[C@@H](Cc2ccc(OCCc3nc(-c4ccccc4)oc3C)cc2)N(Cc2ccccc2)C1. The van der Waals surface area contributed by atoms with Crippen LogP contribution in [0.2, 0.25) is 0 Å². The van der Waals surface area contributed by atoms with Gasteiger partial charge in [-0.2, -0.15) is 0 Å². The third-order valence-electron chi connectivity index (χ3n) is 7.21. The standard InChI is InChI=1S/C32H34N2O4/c1-23-30(33-31(38-23)26-11-7-4-8-12-26)17-18-37-29-15-13-24(14-16-29)19-28-20-27(32(35)36-2)22-34(28)21-25-9-5-3-6-10-25/h3-16,27-28H,17-22H2,1-2H3/t27-,28+/m0/s1. The van der Waals surface area contributed by atoms with Crippen LogP contribution in [0, 0.1) is 12.8 Å². The minimum atomic E-state index is -0.118. The van der Waals surface area contributed by atoms with E-state index < -0.39 is 0 Å². The number of carbonyl (C=O) groups excluding carboxylic acids is 1. The fourth-order valence-corrected chi connectivity index (χ4v) is 5.17. The molecular weight excluding hydrogens is 476 g/mol. The fraction of sp³-hybridized carbons (Fsp3) is 0.312. The molecule has 2 heterocycles. The van der Waals surface area contributed by atoms with E-state index in [0.29, 0.717) is 18.9 Å². The molecule has 38 heavy (non-hydrogen) atoms. The molecule has 0 saturated carbocycles. The van der Waals surface area contributed by atoms with E-state index in [-0.39, 0.29) is 17.9 Å². The van der Waals surface area contributed by atoms with Gasteiger partial charge in [0.1, 0.15) is 11.5 Å². The molecule has 3 aromatic carbocycles. The van der Waals surface area contributed by atoms with Crippen molar-refractivity contribution in [3.05, 3.63) is 108 Å². The molecule has 1 aliphatic heterocycles. The molecule has 0 N–H and O–H groups in total. The van der Waals surface area contributed by atoms with Crippen molar-refractivity contribution >= 4 is 5.97 Å². The maximum atomic E-state index is 12.3. The van der Waals surface area contributed by atoms with Gasteiger partial charge in [0.25, 0.3) is 0 Å². The van der Waals surface area contributed by atoms with Crippen molar-refractivity contribution in [3.63, 3.8) is 0 Å². The molecule has 196 valence electrons. The van der Waals surface area contributed by atoms with Crippen LogP contribution in [0.15, 0.2) is 89.3 Å². The Kier molecular flexibility index (Phi) is 8.19. The van der Waals surface area contributed by atoms with Gasteiger partial charge in [0.2, 0.25) is 5.89 Å². The molecule has 6 nitrogen and oxygen atoms in total. The normalized spacial score (nSPS) is 17.4. The molecular formula is C32H34N2O4. The maximum Gasteiger partial charge on any atom is 0.310 e. The molecule has 0 aliphatic carbocycles. The highest BCUT2D eigenvalue weighted by molar-refractivity contribution is 5.73. The summed E-state index contributed by atoms with van der Waals surface area (Å²) in [6.45, 7) is 4.02. The number of esters is 1. The fourth-order valence-electron chi connectivity index (χ4n) is 5.17. The predicted molar refractivity (Wildman–Crippen MR) is 147 cm³/mol. The molecule has 1 saturated heterocycles. The van der Waals surface area contributed by atoms with Crippen LogP contribution in [-0.4, -0.2) is 42.2 Å². The lowest BCUT2D eigenvalue weighted by Gasteiger charge is -2.24. The van der Waals surface area contributed by atoms with Gasteiger partial charge in [-0.25, -0.2) is 4.98 Å². The van der Waals surface area contributed by atoms with Crippen LogP contribution >= 0.6 is 0 Å². The monoisotopic (exact) mass is 510 g/mol. The van der Waals surface area contributed by atoms with Crippen molar-refractivity contribution < 1.29 is 18.7 Å². The lowest BCUT2D eigenvalue weighted by Crippen LogP contribution is -2.31. The summed E-state index contributed by atoms with van der Waals surface area (Å²) in [6, 6.07) is 28.9. The molecule has 1 aromatic heterocycles. The molecule has 6 heteroatoms. The van der Waals surface area contributed by atoms with E-state index in [4.69, 9.17) is 13.9 Å². The molecule has 0 radical (unpaired) electrons. The number of ether oxygens (including phenoxy) is 2. The molecule has 0 amide bonds. The summed E-state index contributed by atoms with van der Waals surface area (Å²) in [7, 11) is 1.47. The van der Waals surface area contributed by atoms with Crippen LogP contribution in [0.25, 0.3) is 11.5 Å². The number of carbonyl (C=O) groups is 1. The molecule has 0 spiro atoms. The van der Waals surface area contributed by atoms with Crippen LogP contribution in [-0.2, 0) is 28.9 Å². The van der Waals surface area contributed by atoms with Crippen LogP contribution in [0.3, 0.4) is 0 Å². The molecule has 4 aromatic rings. The largest absolute Gasteiger partial charge is 0.493 e. The molecule has 0 unspecified atom stereocenters. The Hall–Kier alpha value is -3.90. The smallest absolute Gasteiger partial charge is 0.310 e. The van der Waals surface area contributed by atoms with E-state index >= 15 is 0 Å². The number of aromatic nitrogens is 1. The number of oxazole rings is 1. The van der Waals surface area contributed by atoms with Gasteiger partial charge in [-0.05, 0) is 55.2 Å². The topological polar surface area (TPSA) is 64.8 Å². The number of hydrogen-bond donors (Lipinski definition) is 0. The Balaban J connectivity index is 1.17. The summed E-state index contributed by atoms with van der Waals surface area (Å²) in [6.07, 6.45) is 2.36. The summed E-state index contributed by atoms with van der Waals surface area (Å²) >= 11 is 0. The highest BCUT2D eigenvalue weighted by Crippen LogP contribution is 2.29. The van der Waals surface area contributed by atoms with E-state index in [1.165, 1.54) is 18.2 Å². The highest BCUT2D eigenvalue weighted by atomic mass is 16.5. The van der Waals surface area contributed by atoms with Gasteiger partial charge in [-0.1, -0.05) is 60.7 Å². The minimum absolute atomic E-state index is 0.0845. The summed E-state index contributed by atoms with van der Waals surface area (Å²) in [4.78, 5) is 19.3. The Morgan fingerprint density at radius 1 is 0.974 bits per heavy atom.